The highest BCUT2D eigenvalue weighted by molar-refractivity contribution is 14.1. The average Bonchev–Trinajstić information content (AvgIpc) is 2.90. The highest BCUT2D eigenvalue weighted by Crippen LogP contribution is 2.25. The van der Waals surface area contributed by atoms with Crippen LogP contribution in [0.15, 0.2) is 42.5 Å². The monoisotopic (exact) mass is 411 g/mol. The van der Waals surface area contributed by atoms with Crippen molar-refractivity contribution in [2.75, 3.05) is 5.32 Å². The fraction of sp³-hybridized carbons (Fsp3) is 0.0714. The van der Waals surface area contributed by atoms with Crippen LogP contribution in [-0.2, 0) is 0 Å². The van der Waals surface area contributed by atoms with Crippen molar-refractivity contribution >= 4 is 45.8 Å². The quantitative estimate of drug-likeness (QED) is 0.663. The molecule has 0 saturated heterocycles. The molecule has 0 bridgehead atoms. The standard InChI is InChI=1S/C14H11ClIN5/c1-9-6-7-12(11(16)8-9)17-14-18-19-20-21(14)13-5-3-2-4-10(13)15/h2-8H,1H3,(H,17,18,20). The van der Waals surface area contributed by atoms with Gasteiger partial charge in [0.2, 0.25) is 0 Å². The first-order valence-corrected chi connectivity index (χ1v) is 7.67. The maximum atomic E-state index is 6.20. The van der Waals surface area contributed by atoms with Gasteiger partial charge in [-0.3, -0.25) is 0 Å². The molecule has 0 atom stereocenters. The molecule has 0 spiro atoms. The molecule has 5 nitrogen and oxygen atoms in total. The summed E-state index contributed by atoms with van der Waals surface area (Å²) in [6, 6.07) is 13.6. The predicted octanol–water partition coefficient (Wildman–Crippen LogP) is 3.97. The third kappa shape index (κ3) is 3.01. The second kappa shape index (κ2) is 5.98. The number of anilines is 2. The molecule has 7 heteroatoms. The highest BCUT2D eigenvalue weighted by Gasteiger charge is 2.12. The van der Waals surface area contributed by atoms with Crippen LogP contribution in [0.3, 0.4) is 0 Å². The van der Waals surface area contributed by atoms with Crippen molar-refractivity contribution < 1.29 is 0 Å². The topological polar surface area (TPSA) is 55.6 Å². The number of para-hydroxylation sites is 1. The van der Waals surface area contributed by atoms with E-state index in [0.717, 1.165) is 14.9 Å². The van der Waals surface area contributed by atoms with E-state index in [0.29, 0.717) is 11.0 Å². The molecule has 0 fully saturated rings. The molecule has 3 aromatic rings. The predicted molar refractivity (Wildman–Crippen MR) is 91.3 cm³/mol. The number of halogens is 2. The zero-order valence-electron chi connectivity index (χ0n) is 11.1. The molecule has 0 aliphatic rings. The number of tetrazole rings is 1. The van der Waals surface area contributed by atoms with Gasteiger partial charge in [0, 0.05) is 3.57 Å². The van der Waals surface area contributed by atoms with Crippen LogP contribution in [0.1, 0.15) is 5.56 Å². The molecule has 1 N–H and O–H groups in total. The lowest BCUT2D eigenvalue weighted by Crippen LogP contribution is -2.04. The van der Waals surface area contributed by atoms with Crippen molar-refractivity contribution in [3.8, 4) is 5.69 Å². The van der Waals surface area contributed by atoms with Gasteiger partial charge in [0.15, 0.2) is 0 Å². The van der Waals surface area contributed by atoms with Gasteiger partial charge >= 0.3 is 0 Å². The van der Waals surface area contributed by atoms with E-state index in [4.69, 9.17) is 11.6 Å². The van der Waals surface area contributed by atoms with E-state index in [9.17, 15) is 0 Å². The Morgan fingerprint density at radius 3 is 2.76 bits per heavy atom. The second-order valence-electron chi connectivity index (χ2n) is 4.47. The fourth-order valence-electron chi connectivity index (χ4n) is 1.89. The summed E-state index contributed by atoms with van der Waals surface area (Å²) in [4.78, 5) is 0. The van der Waals surface area contributed by atoms with Gasteiger partial charge in [-0.05, 0) is 69.8 Å². The minimum atomic E-state index is 0.518. The third-order valence-electron chi connectivity index (χ3n) is 2.92. The molecular formula is C14H11ClIN5. The summed E-state index contributed by atoms with van der Waals surface area (Å²) < 4.78 is 2.68. The lowest BCUT2D eigenvalue weighted by Gasteiger charge is -2.10. The molecule has 0 radical (unpaired) electrons. The third-order valence-corrected chi connectivity index (χ3v) is 4.13. The number of hydrogen-bond donors (Lipinski definition) is 1. The van der Waals surface area contributed by atoms with Crippen LogP contribution in [0.2, 0.25) is 5.02 Å². The van der Waals surface area contributed by atoms with Crippen molar-refractivity contribution in [3.05, 3.63) is 56.6 Å². The molecule has 1 aromatic heterocycles. The Balaban J connectivity index is 1.98. The Labute approximate surface area is 140 Å². The van der Waals surface area contributed by atoms with Crippen LogP contribution in [0.4, 0.5) is 11.6 Å². The summed E-state index contributed by atoms with van der Waals surface area (Å²) in [6.45, 7) is 2.06. The first kappa shape index (κ1) is 14.3. The Bertz CT molecular complexity index is 787. The van der Waals surface area contributed by atoms with Crippen LogP contribution in [0.5, 0.6) is 0 Å². The molecular weight excluding hydrogens is 401 g/mol. The number of aromatic nitrogens is 4. The first-order chi connectivity index (χ1) is 10.1. The number of nitrogens with one attached hydrogen (secondary N) is 1. The van der Waals surface area contributed by atoms with E-state index >= 15 is 0 Å². The van der Waals surface area contributed by atoms with Crippen LogP contribution >= 0.6 is 34.2 Å². The molecule has 0 aliphatic heterocycles. The summed E-state index contributed by atoms with van der Waals surface area (Å²) in [5.74, 6) is 0.518. The maximum Gasteiger partial charge on any atom is 0.252 e. The van der Waals surface area contributed by atoms with Gasteiger partial charge in [-0.1, -0.05) is 34.9 Å². The number of nitrogens with zero attached hydrogens (tertiary/aromatic N) is 4. The average molecular weight is 412 g/mol. The molecule has 0 aliphatic carbocycles. The lowest BCUT2D eigenvalue weighted by molar-refractivity contribution is 0.791. The van der Waals surface area contributed by atoms with Crippen LogP contribution in [0, 0.1) is 10.5 Å². The van der Waals surface area contributed by atoms with Gasteiger partial charge in [-0.15, -0.1) is 0 Å². The summed E-state index contributed by atoms with van der Waals surface area (Å²) in [5.41, 5.74) is 2.88. The van der Waals surface area contributed by atoms with E-state index in [1.165, 1.54) is 5.56 Å². The van der Waals surface area contributed by atoms with Crippen LogP contribution < -0.4 is 5.32 Å². The normalized spacial score (nSPS) is 10.6. The van der Waals surface area contributed by atoms with Gasteiger partial charge in [0.25, 0.3) is 5.95 Å². The van der Waals surface area contributed by atoms with Crippen molar-refractivity contribution in [1.82, 2.24) is 20.2 Å². The van der Waals surface area contributed by atoms with Gasteiger partial charge in [0.1, 0.15) is 0 Å². The highest BCUT2D eigenvalue weighted by atomic mass is 127. The maximum absolute atomic E-state index is 6.20. The second-order valence-corrected chi connectivity index (χ2v) is 6.04. The Kier molecular flexibility index (Phi) is 4.07. The number of hydrogen-bond acceptors (Lipinski definition) is 4. The SMILES string of the molecule is Cc1ccc(Nc2nnnn2-c2ccccc2Cl)c(I)c1. The molecule has 1 heterocycles. The smallest absolute Gasteiger partial charge is 0.252 e. The van der Waals surface area contributed by atoms with Crippen LogP contribution in [-0.4, -0.2) is 20.2 Å². The van der Waals surface area contributed by atoms with E-state index in [1.807, 2.05) is 30.3 Å². The molecule has 0 amide bonds. The Hall–Kier alpha value is -1.67. The zero-order chi connectivity index (χ0) is 14.8. The Morgan fingerprint density at radius 1 is 1.19 bits per heavy atom. The minimum Gasteiger partial charge on any atom is -0.322 e. The molecule has 106 valence electrons. The fourth-order valence-corrected chi connectivity index (χ4v) is 2.91. The van der Waals surface area contributed by atoms with Crippen molar-refractivity contribution in [3.63, 3.8) is 0 Å². The largest absolute Gasteiger partial charge is 0.322 e. The molecule has 0 saturated carbocycles. The van der Waals surface area contributed by atoms with E-state index < -0.39 is 0 Å². The molecule has 3 rings (SSSR count). The summed E-state index contributed by atoms with van der Waals surface area (Å²) in [5, 5.41) is 15.6. The molecule has 0 unspecified atom stereocenters. The minimum absolute atomic E-state index is 0.518. The molecule has 2 aromatic carbocycles. The van der Waals surface area contributed by atoms with Crippen molar-refractivity contribution in [2.24, 2.45) is 0 Å². The first-order valence-electron chi connectivity index (χ1n) is 6.21. The van der Waals surface area contributed by atoms with Gasteiger partial charge in [0.05, 0.1) is 16.4 Å². The lowest BCUT2D eigenvalue weighted by atomic mass is 10.2. The van der Waals surface area contributed by atoms with E-state index in [2.05, 4.69) is 56.4 Å². The van der Waals surface area contributed by atoms with Gasteiger partial charge < -0.3 is 5.32 Å². The number of aryl methyl sites for hydroxylation is 1. The molecule has 21 heavy (non-hydrogen) atoms. The van der Waals surface area contributed by atoms with E-state index in [1.54, 1.807) is 10.7 Å². The van der Waals surface area contributed by atoms with Gasteiger partial charge in [-0.2, -0.15) is 4.68 Å². The zero-order valence-corrected chi connectivity index (χ0v) is 14.0. The van der Waals surface area contributed by atoms with Crippen molar-refractivity contribution in [2.45, 2.75) is 6.92 Å². The van der Waals surface area contributed by atoms with Crippen molar-refractivity contribution in [1.29, 1.82) is 0 Å². The van der Waals surface area contributed by atoms with Gasteiger partial charge in [-0.25, -0.2) is 0 Å². The van der Waals surface area contributed by atoms with E-state index in [-0.39, 0.29) is 0 Å². The summed E-state index contributed by atoms with van der Waals surface area (Å²) >= 11 is 8.47. The van der Waals surface area contributed by atoms with Crippen LogP contribution in [0.25, 0.3) is 5.69 Å². The Morgan fingerprint density at radius 2 is 2.00 bits per heavy atom. The number of benzene rings is 2. The summed E-state index contributed by atoms with van der Waals surface area (Å²) in [6.07, 6.45) is 0. The summed E-state index contributed by atoms with van der Waals surface area (Å²) in [7, 11) is 0. The number of rotatable bonds is 3.